The zero-order valence-electron chi connectivity index (χ0n) is 17.3. The van der Waals surface area contributed by atoms with Gasteiger partial charge in [-0.25, -0.2) is 4.79 Å². The maximum atomic E-state index is 12.2. The molecule has 0 aromatic heterocycles. The molecule has 0 unspecified atom stereocenters. The van der Waals surface area contributed by atoms with E-state index in [4.69, 9.17) is 4.74 Å². The van der Waals surface area contributed by atoms with Crippen molar-refractivity contribution in [2.45, 2.75) is 6.54 Å². The number of nitrogens with one attached hydrogen (secondary N) is 3. The van der Waals surface area contributed by atoms with Crippen LogP contribution in [0.15, 0.2) is 78.9 Å². The summed E-state index contributed by atoms with van der Waals surface area (Å²) in [5, 5.41) is 14.4. The third-order valence-electron chi connectivity index (χ3n) is 4.44. The van der Waals surface area contributed by atoms with Gasteiger partial charge in [0.25, 0.3) is 17.5 Å². The minimum Gasteiger partial charge on any atom is -0.452 e. The molecule has 0 aliphatic carbocycles. The summed E-state index contributed by atoms with van der Waals surface area (Å²) in [6.45, 7) is -0.323. The lowest BCUT2D eigenvalue weighted by molar-refractivity contribution is -0.384. The highest BCUT2D eigenvalue weighted by Crippen LogP contribution is 2.26. The number of hydrogen-bond donors (Lipinski definition) is 3. The molecule has 33 heavy (non-hydrogen) atoms. The van der Waals surface area contributed by atoms with E-state index in [2.05, 4.69) is 16.2 Å². The van der Waals surface area contributed by atoms with E-state index in [1.54, 1.807) is 30.3 Å². The maximum Gasteiger partial charge on any atom is 0.338 e. The number of ether oxygens (including phenoxy) is 1. The molecule has 0 fully saturated rings. The van der Waals surface area contributed by atoms with Gasteiger partial charge in [0.15, 0.2) is 6.61 Å². The van der Waals surface area contributed by atoms with Crippen LogP contribution in [-0.4, -0.2) is 29.3 Å². The fourth-order valence-corrected chi connectivity index (χ4v) is 2.79. The van der Waals surface area contributed by atoms with Gasteiger partial charge < -0.3 is 10.1 Å². The highest BCUT2D eigenvalue weighted by atomic mass is 16.6. The van der Waals surface area contributed by atoms with E-state index in [9.17, 15) is 24.5 Å². The van der Waals surface area contributed by atoms with Crippen molar-refractivity contribution in [1.29, 1.82) is 0 Å². The maximum absolute atomic E-state index is 12.2. The lowest BCUT2D eigenvalue weighted by Crippen LogP contribution is -2.43. The van der Waals surface area contributed by atoms with Crippen molar-refractivity contribution in [3.8, 4) is 0 Å². The second-order valence-electron chi connectivity index (χ2n) is 6.77. The van der Waals surface area contributed by atoms with E-state index < -0.39 is 29.3 Å². The Hall–Kier alpha value is -4.73. The molecule has 0 heterocycles. The zero-order valence-corrected chi connectivity index (χ0v) is 17.3. The predicted octanol–water partition coefficient (Wildman–Crippen LogP) is 2.82. The Balaban J connectivity index is 1.54. The summed E-state index contributed by atoms with van der Waals surface area (Å²) in [7, 11) is 0. The van der Waals surface area contributed by atoms with Gasteiger partial charge in [-0.2, -0.15) is 0 Å². The van der Waals surface area contributed by atoms with Crippen molar-refractivity contribution in [2.24, 2.45) is 0 Å². The summed E-state index contributed by atoms with van der Waals surface area (Å²) >= 11 is 0. The smallest absolute Gasteiger partial charge is 0.338 e. The monoisotopic (exact) mass is 448 g/mol. The van der Waals surface area contributed by atoms with Crippen LogP contribution in [0.2, 0.25) is 0 Å². The highest BCUT2D eigenvalue weighted by Gasteiger charge is 2.19. The van der Waals surface area contributed by atoms with Crippen LogP contribution in [-0.2, 0) is 16.1 Å². The summed E-state index contributed by atoms with van der Waals surface area (Å²) in [4.78, 5) is 46.8. The van der Waals surface area contributed by atoms with E-state index >= 15 is 0 Å². The lowest BCUT2D eigenvalue weighted by atomic mass is 10.1. The molecule has 168 valence electrons. The van der Waals surface area contributed by atoms with Gasteiger partial charge in [0.2, 0.25) is 0 Å². The minimum atomic E-state index is -0.919. The van der Waals surface area contributed by atoms with E-state index in [0.717, 1.165) is 11.6 Å². The van der Waals surface area contributed by atoms with Gasteiger partial charge in [-0.15, -0.1) is 0 Å². The number of anilines is 1. The van der Waals surface area contributed by atoms with Crippen molar-refractivity contribution < 1.29 is 24.0 Å². The molecule has 0 atom stereocenters. The molecule has 2 amide bonds. The fraction of sp³-hybridized carbons (Fsp3) is 0.0870. The molecule has 0 bridgehead atoms. The van der Waals surface area contributed by atoms with Crippen LogP contribution in [0.5, 0.6) is 0 Å². The first-order valence-corrected chi connectivity index (χ1v) is 9.81. The van der Waals surface area contributed by atoms with Crippen LogP contribution in [0.4, 0.5) is 11.4 Å². The first kappa shape index (κ1) is 22.9. The fourth-order valence-electron chi connectivity index (χ4n) is 2.79. The molecule has 0 saturated heterocycles. The number of hydrogen-bond acceptors (Lipinski definition) is 7. The van der Waals surface area contributed by atoms with Crippen molar-refractivity contribution in [3.05, 3.63) is 106 Å². The largest absolute Gasteiger partial charge is 0.452 e. The van der Waals surface area contributed by atoms with Crippen LogP contribution in [0.3, 0.4) is 0 Å². The third-order valence-corrected chi connectivity index (χ3v) is 4.44. The molecule has 10 heteroatoms. The SMILES string of the molecule is O=C(COC(=O)c1ccc(NCc2ccccc2)c([N+](=O)[O-])c1)NNC(=O)c1ccccc1. The number of rotatable bonds is 8. The third kappa shape index (κ3) is 6.62. The Labute approximate surface area is 188 Å². The highest BCUT2D eigenvalue weighted by molar-refractivity contribution is 5.96. The number of esters is 1. The van der Waals surface area contributed by atoms with Gasteiger partial charge in [-0.1, -0.05) is 48.5 Å². The first-order chi connectivity index (χ1) is 15.9. The number of nitro groups is 1. The number of carbonyl (C=O) groups excluding carboxylic acids is 3. The number of nitrogens with zero attached hydrogens (tertiary/aromatic N) is 1. The van der Waals surface area contributed by atoms with Crippen LogP contribution in [0, 0.1) is 10.1 Å². The Morgan fingerprint density at radius 2 is 1.52 bits per heavy atom. The average molecular weight is 448 g/mol. The van der Waals surface area contributed by atoms with Crippen molar-refractivity contribution in [1.82, 2.24) is 10.9 Å². The van der Waals surface area contributed by atoms with Crippen LogP contribution < -0.4 is 16.2 Å². The van der Waals surface area contributed by atoms with Gasteiger partial charge in [-0.05, 0) is 29.8 Å². The van der Waals surface area contributed by atoms with Gasteiger partial charge >= 0.3 is 5.97 Å². The Bertz CT molecular complexity index is 1150. The molecule has 0 saturated carbocycles. The standard InChI is InChI=1S/C23H20N4O6/c28-21(25-26-22(29)17-9-5-2-6-10-17)15-33-23(30)18-11-12-19(20(13-18)27(31)32)24-14-16-7-3-1-4-8-16/h1-13,24H,14-15H2,(H,25,28)(H,26,29). The molecule has 0 spiro atoms. The summed E-state index contributed by atoms with van der Waals surface area (Å²) in [5.74, 6) is -2.23. The van der Waals surface area contributed by atoms with Gasteiger partial charge in [0.1, 0.15) is 5.69 Å². The molecular weight excluding hydrogens is 428 g/mol. The van der Waals surface area contributed by atoms with E-state index in [0.29, 0.717) is 12.1 Å². The molecule has 3 aromatic rings. The molecule has 0 radical (unpaired) electrons. The molecule has 10 nitrogen and oxygen atoms in total. The van der Waals surface area contributed by atoms with Gasteiger partial charge in [0, 0.05) is 18.2 Å². The molecule has 0 aliphatic rings. The lowest BCUT2D eigenvalue weighted by Gasteiger charge is -2.10. The second kappa shape index (κ2) is 11.0. The number of amides is 2. The number of carbonyl (C=O) groups is 3. The number of nitro benzene ring substituents is 1. The number of hydrazine groups is 1. The first-order valence-electron chi connectivity index (χ1n) is 9.81. The Morgan fingerprint density at radius 1 is 0.848 bits per heavy atom. The van der Waals surface area contributed by atoms with E-state index in [1.165, 1.54) is 12.1 Å². The van der Waals surface area contributed by atoms with Crippen molar-refractivity contribution in [3.63, 3.8) is 0 Å². The van der Waals surface area contributed by atoms with Crippen LogP contribution >= 0.6 is 0 Å². The molecular formula is C23H20N4O6. The molecule has 0 aliphatic heterocycles. The summed E-state index contributed by atoms with van der Waals surface area (Å²) in [5.41, 5.74) is 5.43. The Kier molecular flexibility index (Phi) is 7.68. The normalized spacial score (nSPS) is 10.1. The van der Waals surface area contributed by atoms with Gasteiger partial charge in [-0.3, -0.25) is 30.6 Å². The van der Waals surface area contributed by atoms with Crippen LogP contribution in [0.1, 0.15) is 26.3 Å². The van der Waals surface area contributed by atoms with Crippen LogP contribution in [0.25, 0.3) is 0 Å². The predicted molar refractivity (Wildman–Crippen MR) is 119 cm³/mol. The minimum absolute atomic E-state index is 0.0897. The second-order valence-corrected chi connectivity index (χ2v) is 6.77. The van der Waals surface area contributed by atoms with Crippen molar-refractivity contribution >= 4 is 29.2 Å². The quantitative estimate of drug-likeness (QED) is 0.273. The zero-order chi connectivity index (χ0) is 23.6. The van der Waals surface area contributed by atoms with E-state index in [-0.39, 0.29) is 16.9 Å². The Morgan fingerprint density at radius 3 is 2.18 bits per heavy atom. The molecule has 3 rings (SSSR count). The van der Waals surface area contributed by atoms with Crippen molar-refractivity contribution in [2.75, 3.05) is 11.9 Å². The summed E-state index contributed by atoms with van der Waals surface area (Å²) in [6.07, 6.45) is 0. The number of benzene rings is 3. The topological polar surface area (TPSA) is 140 Å². The molecule has 3 aromatic carbocycles. The van der Waals surface area contributed by atoms with Gasteiger partial charge in [0.05, 0.1) is 10.5 Å². The summed E-state index contributed by atoms with van der Waals surface area (Å²) in [6, 6.07) is 21.4. The van der Waals surface area contributed by atoms with E-state index in [1.807, 2.05) is 30.3 Å². The molecule has 3 N–H and O–H groups in total. The average Bonchev–Trinajstić information content (AvgIpc) is 2.85. The summed E-state index contributed by atoms with van der Waals surface area (Å²) < 4.78 is 4.89.